The summed E-state index contributed by atoms with van der Waals surface area (Å²) in [6.07, 6.45) is -1.62. The van der Waals surface area contributed by atoms with Crippen LogP contribution in [0.25, 0.3) is 0 Å². The van der Waals surface area contributed by atoms with Gasteiger partial charge in [0.2, 0.25) is 0 Å². The first kappa shape index (κ1) is 13.6. The van der Waals surface area contributed by atoms with Crippen LogP contribution in [0.3, 0.4) is 0 Å². The summed E-state index contributed by atoms with van der Waals surface area (Å²) in [6, 6.07) is 0. The van der Waals surface area contributed by atoms with Gasteiger partial charge in [0, 0.05) is 19.8 Å². The molecule has 0 aromatic heterocycles. The van der Waals surface area contributed by atoms with Crippen molar-refractivity contribution in [1.82, 2.24) is 0 Å². The lowest BCUT2D eigenvalue weighted by Crippen LogP contribution is -2.07. The molecule has 0 saturated carbocycles. The molecule has 0 spiro atoms. The van der Waals surface area contributed by atoms with Crippen LogP contribution in [-0.2, 0) is 20.8 Å². The van der Waals surface area contributed by atoms with E-state index < -0.39 is 47.0 Å². The summed E-state index contributed by atoms with van der Waals surface area (Å²) in [6.45, 7) is -0.409. The molecule has 1 saturated heterocycles. The lowest BCUT2D eigenvalue weighted by molar-refractivity contribution is 0.0950. The minimum Gasteiger partial charge on any atom is -0.380 e. The van der Waals surface area contributed by atoms with E-state index in [-0.39, 0.29) is 5.56 Å². The summed E-state index contributed by atoms with van der Waals surface area (Å²) >= 11 is 5.70. The third-order valence-electron chi connectivity index (χ3n) is 2.65. The summed E-state index contributed by atoms with van der Waals surface area (Å²) in [4.78, 5) is 0. The molecule has 1 aromatic rings. The van der Waals surface area contributed by atoms with Crippen molar-refractivity contribution in [2.45, 2.75) is 19.0 Å². The molecule has 1 aliphatic rings. The Morgan fingerprint density at radius 2 is 1.83 bits per heavy atom. The highest BCUT2D eigenvalue weighted by Gasteiger charge is 2.45. The van der Waals surface area contributed by atoms with Crippen LogP contribution in [0.5, 0.6) is 0 Å². The maximum Gasteiger partial charge on any atom is 0.188 e. The highest BCUT2D eigenvalue weighted by Crippen LogP contribution is 2.45. The molecule has 0 N–H and O–H groups in total. The number of benzene rings is 1. The lowest BCUT2D eigenvalue weighted by Gasteiger charge is -2.10. The smallest absolute Gasteiger partial charge is 0.188 e. The van der Waals surface area contributed by atoms with E-state index in [0.29, 0.717) is 0 Å². The Morgan fingerprint density at radius 3 is 2.33 bits per heavy atom. The molecule has 0 amide bonds. The van der Waals surface area contributed by atoms with E-state index >= 15 is 0 Å². The first-order chi connectivity index (χ1) is 8.52. The van der Waals surface area contributed by atoms with Crippen LogP contribution < -0.4 is 0 Å². The van der Waals surface area contributed by atoms with Crippen molar-refractivity contribution in [1.29, 1.82) is 0 Å². The molecule has 7 heteroatoms. The molecule has 0 bridgehead atoms. The minimum absolute atomic E-state index is 0.363. The molecule has 2 rings (SSSR count). The zero-order valence-corrected chi connectivity index (χ0v) is 10.4. The fourth-order valence-electron chi connectivity index (χ4n) is 1.70. The predicted octanol–water partition coefficient (Wildman–Crippen LogP) is 2.95. The molecule has 2 atom stereocenters. The van der Waals surface area contributed by atoms with Crippen LogP contribution in [0.2, 0.25) is 5.02 Å². The number of ether oxygens (including phenoxy) is 3. The Hall–Kier alpha value is -0.820. The molecular formula is C11H10ClF3O3. The summed E-state index contributed by atoms with van der Waals surface area (Å²) in [7, 11) is 2.58. The molecule has 0 aliphatic carbocycles. The second-order valence-corrected chi connectivity index (χ2v) is 4.12. The van der Waals surface area contributed by atoms with Gasteiger partial charge in [0.25, 0.3) is 0 Å². The van der Waals surface area contributed by atoms with E-state index in [1.807, 2.05) is 0 Å². The SMILES string of the molecule is COCc1c(F)c(F)c(C2OC2OC)c(Cl)c1F. The second-order valence-electron chi connectivity index (χ2n) is 3.74. The number of hydrogen-bond acceptors (Lipinski definition) is 3. The fraction of sp³-hybridized carbons (Fsp3) is 0.455. The molecule has 1 aromatic carbocycles. The van der Waals surface area contributed by atoms with E-state index in [9.17, 15) is 13.2 Å². The van der Waals surface area contributed by atoms with E-state index in [4.69, 9.17) is 21.1 Å². The van der Waals surface area contributed by atoms with Crippen LogP contribution in [0.15, 0.2) is 0 Å². The quantitative estimate of drug-likeness (QED) is 0.628. The van der Waals surface area contributed by atoms with E-state index in [2.05, 4.69) is 4.74 Å². The Morgan fingerprint density at radius 1 is 1.17 bits per heavy atom. The molecule has 1 aliphatic heterocycles. The Labute approximate surface area is 106 Å². The normalized spacial score (nSPS) is 22.3. The van der Waals surface area contributed by atoms with Gasteiger partial charge < -0.3 is 14.2 Å². The number of epoxide rings is 1. The van der Waals surface area contributed by atoms with Gasteiger partial charge in [-0.1, -0.05) is 11.6 Å². The first-order valence-corrected chi connectivity index (χ1v) is 5.42. The molecular weight excluding hydrogens is 273 g/mol. The van der Waals surface area contributed by atoms with Gasteiger partial charge in [-0.05, 0) is 0 Å². The molecule has 0 radical (unpaired) electrons. The number of halogens is 4. The third-order valence-corrected chi connectivity index (χ3v) is 3.01. The molecule has 1 fully saturated rings. The average Bonchev–Trinajstić information content (AvgIpc) is 3.12. The largest absolute Gasteiger partial charge is 0.380 e. The maximum absolute atomic E-state index is 13.8. The monoisotopic (exact) mass is 282 g/mol. The number of hydrogen-bond donors (Lipinski definition) is 0. The first-order valence-electron chi connectivity index (χ1n) is 5.04. The topological polar surface area (TPSA) is 31.0 Å². The lowest BCUT2D eigenvalue weighted by atomic mass is 10.1. The Bertz CT molecular complexity index is 452. The van der Waals surface area contributed by atoms with Gasteiger partial charge in [-0.15, -0.1) is 0 Å². The molecule has 2 unspecified atom stereocenters. The molecule has 100 valence electrons. The third kappa shape index (κ3) is 2.09. The van der Waals surface area contributed by atoms with Crippen molar-refractivity contribution in [3.63, 3.8) is 0 Å². The second kappa shape index (κ2) is 5.05. The van der Waals surface area contributed by atoms with E-state index in [1.54, 1.807) is 0 Å². The number of methoxy groups -OCH3 is 2. The zero-order chi connectivity index (χ0) is 13.4. The van der Waals surface area contributed by atoms with E-state index in [1.165, 1.54) is 14.2 Å². The summed E-state index contributed by atoms with van der Waals surface area (Å²) in [5, 5.41) is -0.509. The van der Waals surface area contributed by atoms with Crippen LogP contribution in [0, 0.1) is 17.5 Å². The van der Waals surface area contributed by atoms with Gasteiger partial charge >= 0.3 is 0 Å². The van der Waals surface area contributed by atoms with Gasteiger partial charge in [0.1, 0.15) is 6.10 Å². The highest BCUT2D eigenvalue weighted by atomic mass is 35.5. The molecule has 1 heterocycles. The minimum atomic E-state index is -1.32. The van der Waals surface area contributed by atoms with Gasteiger partial charge in [-0.25, -0.2) is 13.2 Å². The van der Waals surface area contributed by atoms with Crippen molar-refractivity contribution in [2.24, 2.45) is 0 Å². The van der Waals surface area contributed by atoms with Crippen molar-refractivity contribution >= 4 is 11.6 Å². The zero-order valence-electron chi connectivity index (χ0n) is 9.60. The average molecular weight is 283 g/mol. The Kier molecular flexibility index (Phi) is 3.82. The van der Waals surface area contributed by atoms with Crippen LogP contribution >= 0.6 is 11.6 Å². The van der Waals surface area contributed by atoms with Crippen molar-refractivity contribution in [3.05, 3.63) is 33.6 Å². The predicted molar refractivity (Wildman–Crippen MR) is 56.7 cm³/mol. The van der Waals surface area contributed by atoms with Crippen molar-refractivity contribution < 1.29 is 27.4 Å². The van der Waals surface area contributed by atoms with Gasteiger partial charge in [0.15, 0.2) is 23.7 Å². The molecule has 3 nitrogen and oxygen atoms in total. The van der Waals surface area contributed by atoms with E-state index in [0.717, 1.165) is 0 Å². The van der Waals surface area contributed by atoms with Gasteiger partial charge in [-0.2, -0.15) is 0 Å². The fourth-order valence-corrected chi connectivity index (χ4v) is 2.00. The van der Waals surface area contributed by atoms with Crippen molar-refractivity contribution in [3.8, 4) is 0 Å². The summed E-state index contributed by atoms with van der Waals surface area (Å²) in [5.41, 5.74) is -0.906. The van der Waals surface area contributed by atoms with Crippen LogP contribution in [0.4, 0.5) is 13.2 Å². The van der Waals surface area contributed by atoms with Crippen LogP contribution in [-0.4, -0.2) is 20.5 Å². The highest BCUT2D eigenvalue weighted by molar-refractivity contribution is 6.31. The standard InChI is InChI=1S/C11H10ClF3O3/c1-16-3-4-7(13)6(12)5(9(15)8(4)14)10-11(17-2)18-10/h10-11H,3H2,1-2H3. The van der Waals surface area contributed by atoms with Crippen LogP contribution in [0.1, 0.15) is 17.2 Å². The Balaban J connectivity index is 2.49. The number of rotatable bonds is 4. The maximum atomic E-state index is 13.8. The van der Waals surface area contributed by atoms with Crippen molar-refractivity contribution in [2.75, 3.05) is 14.2 Å². The van der Waals surface area contributed by atoms with Gasteiger partial charge in [0.05, 0.1) is 17.2 Å². The van der Waals surface area contributed by atoms with Gasteiger partial charge in [-0.3, -0.25) is 0 Å². The summed E-state index contributed by atoms with van der Waals surface area (Å²) < 4.78 is 55.6. The molecule has 18 heavy (non-hydrogen) atoms. The summed E-state index contributed by atoms with van der Waals surface area (Å²) in [5.74, 6) is -3.60.